The van der Waals surface area contributed by atoms with E-state index in [1.165, 1.54) is 5.56 Å². The van der Waals surface area contributed by atoms with E-state index >= 15 is 0 Å². The molecule has 1 amide bonds. The van der Waals surface area contributed by atoms with Crippen molar-refractivity contribution in [1.29, 1.82) is 0 Å². The fourth-order valence-electron chi connectivity index (χ4n) is 3.30. The minimum Gasteiger partial charge on any atom is -0.497 e. The van der Waals surface area contributed by atoms with Gasteiger partial charge in [0.2, 0.25) is 5.91 Å². The van der Waals surface area contributed by atoms with Gasteiger partial charge in [0.05, 0.1) is 12.9 Å². The SMILES string of the molecule is COc1ccc(SCC(=O)N2C[C@@H](CN)[C@H](c3ccccc3)C2)cc1. The molecule has 25 heavy (non-hydrogen) atoms. The number of amides is 1. The van der Waals surface area contributed by atoms with E-state index < -0.39 is 0 Å². The zero-order valence-corrected chi connectivity index (χ0v) is 15.2. The second-order valence-electron chi connectivity index (χ2n) is 6.28. The van der Waals surface area contributed by atoms with Gasteiger partial charge in [-0.05, 0) is 42.3 Å². The van der Waals surface area contributed by atoms with Crippen LogP contribution in [-0.2, 0) is 4.79 Å². The Morgan fingerprint density at radius 3 is 2.52 bits per heavy atom. The Hall–Kier alpha value is -1.98. The van der Waals surface area contributed by atoms with Gasteiger partial charge >= 0.3 is 0 Å². The molecule has 0 spiro atoms. The summed E-state index contributed by atoms with van der Waals surface area (Å²) in [5.41, 5.74) is 7.24. The van der Waals surface area contributed by atoms with Crippen LogP contribution in [0.15, 0.2) is 59.5 Å². The van der Waals surface area contributed by atoms with Crippen molar-refractivity contribution in [3.63, 3.8) is 0 Å². The van der Waals surface area contributed by atoms with E-state index in [0.717, 1.165) is 23.7 Å². The van der Waals surface area contributed by atoms with Gasteiger partial charge in [0.25, 0.3) is 0 Å². The van der Waals surface area contributed by atoms with E-state index in [0.29, 0.717) is 24.1 Å². The number of hydrogen-bond acceptors (Lipinski definition) is 4. The first-order valence-electron chi connectivity index (χ1n) is 8.51. The third-order valence-corrected chi connectivity index (χ3v) is 5.74. The lowest BCUT2D eigenvalue weighted by molar-refractivity contribution is -0.127. The third-order valence-electron chi connectivity index (χ3n) is 4.75. The standard InChI is InChI=1S/C20H24N2O2S/c1-24-17-7-9-18(10-8-17)25-14-20(23)22-12-16(11-21)19(13-22)15-5-3-2-4-6-15/h2-10,16,19H,11-14,21H2,1H3/t16-,19+/m1/s1. The molecule has 0 bridgehead atoms. The fourth-order valence-corrected chi connectivity index (χ4v) is 4.10. The quantitative estimate of drug-likeness (QED) is 0.809. The molecular formula is C20H24N2O2S. The average molecular weight is 356 g/mol. The molecule has 0 aliphatic carbocycles. The van der Waals surface area contributed by atoms with Gasteiger partial charge in [0, 0.05) is 23.9 Å². The highest BCUT2D eigenvalue weighted by molar-refractivity contribution is 8.00. The number of thioether (sulfide) groups is 1. The number of rotatable bonds is 6. The van der Waals surface area contributed by atoms with Crippen molar-refractivity contribution < 1.29 is 9.53 Å². The van der Waals surface area contributed by atoms with Gasteiger partial charge in [-0.3, -0.25) is 4.79 Å². The van der Waals surface area contributed by atoms with Gasteiger partial charge in [0.15, 0.2) is 0 Å². The summed E-state index contributed by atoms with van der Waals surface area (Å²) in [6.45, 7) is 2.11. The number of likely N-dealkylation sites (tertiary alicyclic amines) is 1. The van der Waals surface area contributed by atoms with Gasteiger partial charge in [-0.2, -0.15) is 0 Å². The van der Waals surface area contributed by atoms with Crippen molar-refractivity contribution in [2.45, 2.75) is 10.8 Å². The Bertz CT molecular complexity index is 691. The second kappa shape index (κ2) is 8.41. The van der Waals surface area contributed by atoms with Crippen LogP contribution in [0.5, 0.6) is 5.75 Å². The van der Waals surface area contributed by atoms with E-state index in [4.69, 9.17) is 10.5 Å². The van der Waals surface area contributed by atoms with Crippen LogP contribution in [0.4, 0.5) is 0 Å². The molecule has 1 aliphatic heterocycles. The number of hydrogen-bond donors (Lipinski definition) is 1. The molecular weight excluding hydrogens is 332 g/mol. The molecule has 1 saturated heterocycles. The Morgan fingerprint density at radius 1 is 1.16 bits per heavy atom. The van der Waals surface area contributed by atoms with Crippen molar-refractivity contribution in [2.24, 2.45) is 11.7 Å². The minimum atomic E-state index is 0.178. The lowest BCUT2D eigenvalue weighted by Gasteiger charge is -2.16. The zero-order valence-electron chi connectivity index (χ0n) is 14.4. The van der Waals surface area contributed by atoms with Crippen LogP contribution < -0.4 is 10.5 Å². The van der Waals surface area contributed by atoms with E-state index in [-0.39, 0.29) is 5.91 Å². The van der Waals surface area contributed by atoms with Gasteiger partial charge in [-0.25, -0.2) is 0 Å². The molecule has 2 N–H and O–H groups in total. The molecule has 3 rings (SSSR count). The first-order chi connectivity index (χ1) is 12.2. The summed E-state index contributed by atoms with van der Waals surface area (Å²) in [5.74, 6) is 2.12. The normalized spacial score (nSPS) is 19.8. The summed E-state index contributed by atoms with van der Waals surface area (Å²) in [7, 11) is 1.65. The number of nitrogens with two attached hydrogens (primary N) is 1. The number of nitrogens with zero attached hydrogens (tertiary/aromatic N) is 1. The van der Waals surface area contributed by atoms with Gasteiger partial charge in [-0.1, -0.05) is 30.3 Å². The summed E-state index contributed by atoms with van der Waals surface area (Å²) >= 11 is 1.56. The van der Waals surface area contributed by atoms with E-state index in [1.54, 1.807) is 18.9 Å². The molecule has 1 aliphatic rings. The molecule has 2 atom stereocenters. The van der Waals surface area contributed by atoms with Crippen LogP contribution >= 0.6 is 11.8 Å². The number of carbonyl (C=O) groups excluding carboxylic acids is 1. The van der Waals surface area contributed by atoms with Crippen LogP contribution in [-0.4, -0.2) is 43.3 Å². The topological polar surface area (TPSA) is 55.6 Å². The Labute approximate surface area is 153 Å². The van der Waals surface area contributed by atoms with Crippen LogP contribution in [0, 0.1) is 5.92 Å². The van der Waals surface area contributed by atoms with Crippen molar-refractivity contribution in [3.05, 3.63) is 60.2 Å². The van der Waals surface area contributed by atoms with E-state index in [2.05, 4.69) is 12.1 Å². The number of ether oxygens (including phenoxy) is 1. The lowest BCUT2D eigenvalue weighted by atomic mass is 9.89. The summed E-state index contributed by atoms with van der Waals surface area (Å²) in [5, 5.41) is 0. The highest BCUT2D eigenvalue weighted by Gasteiger charge is 2.34. The maximum absolute atomic E-state index is 12.6. The molecule has 0 unspecified atom stereocenters. The molecule has 1 fully saturated rings. The van der Waals surface area contributed by atoms with Crippen LogP contribution in [0.3, 0.4) is 0 Å². The number of benzene rings is 2. The van der Waals surface area contributed by atoms with Crippen molar-refractivity contribution in [2.75, 3.05) is 32.5 Å². The largest absolute Gasteiger partial charge is 0.497 e. The smallest absolute Gasteiger partial charge is 0.232 e. The zero-order chi connectivity index (χ0) is 17.6. The minimum absolute atomic E-state index is 0.178. The van der Waals surface area contributed by atoms with Crippen LogP contribution in [0.25, 0.3) is 0 Å². The predicted octanol–water partition coefficient (Wildman–Crippen LogP) is 2.99. The molecule has 1 heterocycles. The molecule has 2 aromatic rings. The molecule has 0 saturated carbocycles. The Balaban J connectivity index is 1.58. The van der Waals surface area contributed by atoms with Crippen LogP contribution in [0.2, 0.25) is 0 Å². The highest BCUT2D eigenvalue weighted by Crippen LogP contribution is 2.32. The van der Waals surface area contributed by atoms with Gasteiger partial charge < -0.3 is 15.4 Å². The van der Waals surface area contributed by atoms with Crippen molar-refractivity contribution in [3.8, 4) is 5.75 Å². The van der Waals surface area contributed by atoms with Crippen molar-refractivity contribution in [1.82, 2.24) is 4.90 Å². The Kier molecular flexibility index (Phi) is 6.00. The lowest BCUT2D eigenvalue weighted by Crippen LogP contribution is -2.31. The van der Waals surface area contributed by atoms with Gasteiger partial charge in [-0.15, -0.1) is 11.8 Å². The second-order valence-corrected chi connectivity index (χ2v) is 7.32. The Morgan fingerprint density at radius 2 is 1.88 bits per heavy atom. The number of carbonyl (C=O) groups is 1. The summed E-state index contributed by atoms with van der Waals surface area (Å²) in [6, 6.07) is 18.2. The summed E-state index contributed by atoms with van der Waals surface area (Å²) in [6.07, 6.45) is 0. The fraction of sp³-hybridized carbons (Fsp3) is 0.350. The third kappa shape index (κ3) is 4.35. The van der Waals surface area contributed by atoms with E-state index in [9.17, 15) is 4.79 Å². The average Bonchev–Trinajstić information content (AvgIpc) is 3.12. The maximum Gasteiger partial charge on any atom is 0.232 e. The predicted molar refractivity (Wildman–Crippen MR) is 102 cm³/mol. The molecule has 0 aromatic heterocycles. The van der Waals surface area contributed by atoms with Crippen LogP contribution in [0.1, 0.15) is 11.5 Å². The maximum atomic E-state index is 12.6. The van der Waals surface area contributed by atoms with Crippen molar-refractivity contribution >= 4 is 17.7 Å². The first kappa shape index (κ1) is 17.8. The number of methoxy groups -OCH3 is 1. The summed E-state index contributed by atoms with van der Waals surface area (Å²) in [4.78, 5) is 15.7. The molecule has 0 radical (unpaired) electrons. The molecule has 5 heteroatoms. The monoisotopic (exact) mass is 356 g/mol. The van der Waals surface area contributed by atoms with Gasteiger partial charge in [0.1, 0.15) is 5.75 Å². The molecule has 132 valence electrons. The molecule has 2 aromatic carbocycles. The van der Waals surface area contributed by atoms with E-state index in [1.807, 2.05) is 47.4 Å². The summed E-state index contributed by atoms with van der Waals surface area (Å²) < 4.78 is 5.16. The molecule has 4 nitrogen and oxygen atoms in total. The first-order valence-corrected chi connectivity index (χ1v) is 9.49. The highest BCUT2D eigenvalue weighted by atomic mass is 32.2.